The molecule has 0 aliphatic carbocycles. The number of amides is 1. The van der Waals surface area contributed by atoms with Gasteiger partial charge in [0.25, 0.3) is 0 Å². The van der Waals surface area contributed by atoms with E-state index in [0.717, 1.165) is 70.6 Å². The van der Waals surface area contributed by atoms with Crippen molar-refractivity contribution in [3.63, 3.8) is 0 Å². The van der Waals surface area contributed by atoms with Gasteiger partial charge in [-0.3, -0.25) is 13.8 Å². The summed E-state index contributed by atoms with van der Waals surface area (Å²) in [6, 6.07) is -0.874. The third-order valence-electron chi connectivity index (χ3n) is 12.8. The molecule has 3 N–H and O–H groups in total. The molecule has 0 aromatic carbocycles. The second-order valence-electron chi connectivity index (χ2n) is 21.0. The summed E-state index contributed by atoms with van der Waals surface area (Å²) in [6.45, 7) is 4.68. The van der Waals surface area contributed by atoms with Gasteiger partial charge in [-0.25, -0.2) is 4.57 Å². The number of unbranched alkanes of at least 4 members (excludes halogenated alkanes) is 28. The Kier molecular flexibility index (Phi) is 50.8. The molecule has 0 saturated carbocycles. The smallest absolute Gasteiger partial charge is 0.387 e. The number of nitrogens with zero attached hydrogens (tertiary/aromatic N) is 1. The molecular weight excluding hydrogens is 900 g/mol. The predicted octanol–water partition coefficient (Wildman–Crippen LogP) is 18.0. The number of allylic oxidation sites excluding steroid dienone is 13. The van der Waals surface area contributed by atoms with Crippen LogP contribution in [0.15, 0.2) is 85.1 Å². The number of likely N-dealkylation sites (N-methyl/N-ethyl adjacent to an activating group) is 1. The number of aliphatic hydroxyl groups excluding tert-OH is 1. The van der Waals surface area contributed by atoms with E-state index in [1.54, 1.807) is 6.08 Å². The lowest BCUT2D eigenvalue weighted by Crippen LogP contribution is -2.45. The molecule has 3 atom stereocenters. The van der Waals surface area contributed by atoms with Gasteiger partial charge in [0.2, 0.25) is 5.91 Å². The highest BCUT2D eigenvalue weighted by Crippen LogP contribution is 2.43. The summed E-state index contributed by atoms with van der Waals surface area (Å²) in [4.78, 5) is 23.3. The number of phosphoric acid groups is 1. The molecule has 0 heterocycles. The van der Waals surface area contributed by atoms with Crippen LogP contribution in [0.3, 0.4) is 0 Å². The van der Waals surface area contributed by atoms with Crippen molar-refractivity contribution < 1.29 is 32.9 Å². The molecule has 71 heavy (non-hydrogen) atoms. The number of nitrogens with one attached hydrogen (secondary N) is 1. The zero-order valence-electron chi connectivity index (χ0n) is 46.9. The van der Waals surface area contributed by atoms with Gasteiger partial charge in [-0.05, 0) is 83.5 Å². The molecule has 8 nitrogen and oxygen atoms in total. The van der Waals surface area contributed by atoms with Crippen LogP contribution in [0, 0.1) is 0 Å². The van der Waals surface area contributed by atoms with E-state index in [1.807, 2.05) is 27.2 Å². The van der Waals surface area contributed by atoms with Crippen molar-refractivity contribution in [2.45, 2.75) is 264 Å². The SMILES string of the molecule is CC/C=C\C/C=C\C/C=C\C/C=C\CCCCCCCCCCCCCCCCCCC(=O)NC(COP(=O)(O)OCC[N+](C)(C)C)C(O)/C=C/CC/C=C/CC/C=C/CCCCCCCCCCCC. The first-order valence-electron chi connectivity index (χ1n) is 29.5. The predicted molar refractivity (Wildman–Crippen MR) is 309 cm³/mol. The van der Waals surface area contributed by atoms with Gasteiger partial charge in [0, 0.05) is 6.42 Å². The van der Waals surface area contributed by atoms with Crippen molar-refractivity contribution in [3.05, 3.63) is 85.1 Å². The molecule has 0 rings (SSSR count). The molecule has 0 spiro atoms. The number of carbonyl (C=O) groups excluding carboxylic acids is 1. The monoisotopic (exact) mass is 1010 g/mol. The molecule has 3 unspecified atom stereocenters. The maximum Gasteiger partial charge on any atom is 0.472 e. The molecule has 412 valence electrons. The van der Waals surface area contributed by atoms with Crippen molar-refractivity contribution in [1.29, 1.82) is 0 Å². The molecule has 0 aliphatic heterocycles. The fourth-order valence-electron chi connectivity index (χ4n) is 8.24. The van der Waals surface area contributed by atoms with Crippen LogP contribution in [0.4, 0.5) is 0 Å². The minimum Gasteiger partial charge on any atom is -0.387 e. The Bertz CT molecular complexity index is 1430. The topological polar surface area (TPSA) is 105 Å². The molecule has 0 radical (unpaired) electrons. The average molecular weight is 1010 g/mol. The summed E-state index contributed by atoms with van der Waals surface area (Å²) < 4.78 is 23.7. The molecule has 9 heteroatoms. The van der Waals surface area contributed by atoms with E-state index in [9.17, 15) is 19.4 Å². The number of aliphatic hydroxyl groups is 1. The lowest BCUT2D eigenvalue weighted by molar-refractivity contribution is -0.870. The normalized spacial score (nSPS) is 14.5. The van der Waals surface area contributed by atoms with Crippen LogP contribution in [0.2, 0.25) is 0 Å². The highest BCUT2D eigenvalue weighted by molar-refractivity contribution is 7.47. The molecule has 0 aromatic rings. The Morgan fingerprint density at radius 3 is 1.30 bits per heavy atom. The van der Waals surface area contributed by atoms with Gasteiger partial charge in [-0.2, -0.15) is 0 Å². The number of carbonyl (C=O) groups is 1. The molecule has 1 amide bonds. The van der Waals surface area contributed by atoms with Crippen LogP contribution in [0.25, 0.3) is 0 Å². The van der Waals surface area contributed by atoms with Gasteiger partial charge in [0.15, 0.2) is 0 Å². The highest BCUT2D eigenvalue weighted by Gasteiger charge is 2.27. The summed E-state index contributed by atoms with van der Waals surface area (Å²) in [6.07, 6.45) is 74.1. The summed E-state index contributed by atoms with van der Waals surface area (Å²) in [5, 5.41) is 13.9. The molecule has 0 saturated heterocycles. The Hall–Kier alpha value is -2.32. The van der Waals surface area contributed by atoms with Crippen molar-refractivity contribution in [3.8, 4) is 0 Å². The van der Waals surface area contributed by atoms with Crippen LogP contribution in [0.5, 0.6) is 0 Å². The molecule has 0 bridgehead atoms. The van der Waals surface area contributed by atoms with Crippen LogP contribution in [-0.2, 0) is 18.4 Å². The van der Waals surface area contributed by atoms with E-state index in [2.05, 4.69) is 92.1 Å². The van der Waals surface area contributed by atoms with Crippen LogP contribution in [-0.4, -0.2) is 73.4 Å². The number of hydrogen-bond donors (Lipinski definition) is 3. The minimum absolute atomic E-state index is 0.0512. The van der Waals surface area contributed by atoms with Gasteiger partial charge in [0.05, 0.1) is 39.9 Å². The van der Waals surface area contributed by atoms with E-state index >= 15 is 0 Å². The van der Waals surface area contributed by atoms with Gasteiger partial charge < -0.3 is 19.8 Å². The summed E-state index contributed by atoms with van der Waals surface area (Å²) in [7, 11) is 1.54. The maximum absolute atomic E-state index is 13.0. The van der Waals surface area contributed by atoms with Gasteiger partial charge in [-0.15, -0.1) is 0 Å². The van der Waals surface area contributed by atoms with Gasteiger partial charge in [0.1, 0.15) is 13.2 Å². The maximum atomic E-state index is 13.0. The zero-order chi connectivity index (χ0) is 52.0. The molecule has 0 aliphatic rings. The van der Waals surface area contributed by atoms with E-state index in [-0.39, 0.29) is 19.1 Å². The first-order chi connectivity index (χ1) is 34.5. The van der Waals surface area contributed by atoms with Crippen molar-refractivity contribution in [2.24, 2.45) is 0 Å². The third-order valence-corrected chi connectivity index (χ3v) is 13.8. The first kappa shape index (κ1) is 68.7. The third kappa shape index (κ3) is 55.3. The van der Waals surface area contributed by atoms with Crippen molar-refractivity contribution >= 4 is 13.7 Å². The summed E-state index contributed by atoms with van der Waals surface area (Å²) in [5.74, 6) is -0.192. The van der Waals surface area contributed by atoms with Gasteiger partial charge >= 0.3 is 7.82 Å². The summed E-state index contributed by atoms with van der Waals surface area (Å²) in [5.41, 5.74) is 0. The van der Waals surface area contributed by atoms with E-state index in [0.29, 0.717) is 17.4 Å². The fraction of sp³-hybridized carbons (Fsp3) is 0.758. The van der Waals surface area contributed by atoms with Crippen molar-refractivity contribution in [1.82, 2.24) is 5.32 Å². The lowest BCUT2D eigenvalue weighted by atomic mass is 10.0. The fourth-order valence-corrected chi connectivity index (χ4v) is 8.98. The highest BCUT2D eigenvalue weighted by atomic mass is 31.2. The largest absolute Gasteiger partial charge is 0.472 e. The molecular formula is C62H114N2O6P+. The second kappa shape index (κ2) is 52.5. The average Bonchev–Trinajstić information content (AvgIpc) is 3.33. The second-order valence-corrected chi connectivity index (χ2v) is 22.4. The van der Waals surface area contributed by atoms with Crippen LogP contribution >= 0.6 is 7.82 Å². The molecule has 0 fully saturated rings. The van der Waals surface area contributed by atoms with E-state index < -0.39 is 20.0 Å². The minimum atomic E-state index is -4.36. The Morgan fingerprint density at radius 1 is 0.493 bits per heavy atom. The number of phosphoric ester groups is 1. The number of hydrogen-bond acceptors (Lipinski definition) is 5. The lowest BCUT2D eigenvalue weighted by Gasteiger charge is -2.25. The standard InChI is InChI=1S/C62H113N2O6P/c1-6-8-10-12-14-16-18-20-22-24-26-28-29-30-31-32-33-34-35-36-38-40-42-44-46-48-50-52-54-56-62(66)63-60(59-70-71(67,68)69-58-57-64(3,4)5)61(65)55-53-51-49-47-45-43-41-39-37-27-25-23-21-19-17-15-13-11-9-7-2/h8,10,14,16,20,22,26,28,37,39,45,47,53,55,60-61,65H,6-7,9,11-13,15,17-19,21,23-25,27,29-36,38,40-44,46,48-52,54,56-59H2,1-5H3,(H-,63,66,67,68)/p+1/b10-8-,16-14-,22-20-,28-26-,39-37+,47-45+,55-53+. The van der Waals surface area contributed by atoms with E-state index in [1.165, 1.54) is 161 Å². The van der Waals surface area contributed by atoms with Gasteiger partial charge in [-0.1, -0.05) is 247 Å². The quantitative estimate of drug-likeness (QED) is 0.0243. The number of rotatable bonds is 53. The molecule has 0 aromatic heterocycles. The van der Waals surface area contributed by atoms with Crippen molar-refractivity contribution in [2.75, 3.05) is 40.9 Å². The van der Waals surface area contributed by atoms with E-state index in [4.69, 9.17) is 9.05 Å². The Balaban J connectivity index is 4.22. The zero-order valence-corrected chi connectivity index (χ0v) is 47.8. The number of quaternary nitrogens is 1. The Morgan fingerprint density at radius 2 is 0.859 bits per heavy atom. The Labute approximate surface area is 439 Å². The summed E-state index contributed by atoms with van der Waals surface area (Å²) >= 11 is 0. The van der Waals surface area contributed by atoms with Crippen LogP contribution < -0.4 is 5.32 Å². The van der Waals surface area contributed by atoms with Crippen LogP contribution in [0.1, 0.15) is 251 Å². The first-order valence-corrected chi connectivity index (χ1v) is 31.0.